The number of carbonyl (C=O) groups is 1. The van der Waals surface area contributed by atoms with Gasteiger partial charge >= 0.3 is 0 Å². The largest absolute Gasteiger partial charge is 0.493 e. The first-order valence-corrected chi connectivity index (χ1v) is 11.2. The zero-order chi connectivity index (χ0) is 22.5. The Labute approximate surface area is 176 Å². The maximum absolute atomic E-state index is 13.3. The Bertz CT molecular complexity index is 979. The molecule has 2 aromatic carbocycles. The summed E-state index contributed by atoms with van der Waals surface area (Å²) in [6, 6.07) is 8.87. The number of hydrogen-bond acceptors (Lipinski definition) is 5. The predicted molar refractivity (Wildman–Crippen MR) is 114 cm³/mol. The first kappa shape index (κ1) is 23.5. The SMILES string of the molecule is CC[C@@H](NC(=O)[C@H](C)N(c1ccc(F)cc1)S(C)(=O)=O)c1ccc(OC)c(OC)c1. The summed E-state index contributed by atoms with van der Waals surface area (Å²) in [5.41, 5.74) is 1.00. The molecule has 0 saturated heterocycles. The Morgan fingerprint density at radius 2 is 1.70 bits per heavy atom. The number of anilines is 1. The van der Waals surface area contributed by atoms with Crippen molar-refractivity contribution in [3.63, 3.8) is 0 Å². The number of hydrogen-bond donors (Lipinski definition) is 1. The van der Waals surface area contributed by atoms with E-state index >= 15 is 0 Å². The van der Waals surface area contributed by atoms with Gasteiger partial charge < -0.3 is 14.8 Å². The van der Waals surface area contributed by atoms with Crippen molar-refractivity contribution in [1.82, 2.24) is 5.32 Å². The molecule has 0 bridgehead atoms. The lowest BCUT2D eigenvalue weighted by atomic mass is 10.0. The van der Waals surface area contributed by atoms with Gasteiger partial charge in [-0.2, -0.15) is 0 Å². The van der Waals surface area contributed by atoms with E-state index in [1.165, 1.54) is 33.3 Å². The summed E-state index contributed by atoms with van der Waals surface area (Å²) in [4.78, 5) is 12.9. The minimum absolute atomic E-state index is 0.209. The highest BCUT2D eigenvalue weighted by Gasteiger charge is 2.30. The van der Waals surface area contributed by atoms with Gasteiger partial charge in [0, 0.05) is 0 Å². The molecule has 2 rings (SSSR count). The van der Waals surface area contributed by atoms with Crippen LogP contribution in [-0.2, 0) is 14.8 Å². The summed E-state index contributed by atoms with van der Waals surface area (Å²) in [6.45, 7) is 3.39. The van der Waals surface area contributed by atoms with Gasteiger partial charge in [0.05, 0.1) is 32.2 Å². The van der Waals surface area contributed by atoms with Crippen LogP contribution in [0.2, 0.25) is 0 Å². The number of sulfonamides is 1. The lowest BCUT2D eigenvalue weighted by molar-refractivity contribution is -0.122. The van der Waals surface area contributed by atoms with Crippen LogP contribution in [0.15, 0.2) is 42.5 Å². The summed E-state index contributed by atoms with van der Waals surface area (Å²) < 4.78 is 49.5. The van der Waals surface area contributed by atoms with Gasteiger partial charge in [-0.1, -0.05) is 13.0 Å². The molecule has 2 atom stereocenters. The number of carbonyl (C=O) groups excluding carboxylic acids is 1. The number of rotatable bonds is 9. The lowest BCUT2D eigenvalue weighted by Crippen LogP contribution is -2.48. The van der Waals surface area contributed by atoms with E-state index < -0.39 is 27.8 Å². The number of amides is 1. The quantitative estimate of drug-likeness (QED) is 0.650. The molecule has 1 amide bonds. The summed E-state index contributed by atoms with van der Waals surface area (Å²) in [7, 11) is -0.729. The molecule has 7 nitrogen and oxygen atoms in total. The molecule has 0 aliphatic carbocycles. The number of methoxy groups -OCH3 is 2. The van der Waals surface area contributed by atoms with Gasteiger partial charge in [0.15, 0.2) is 11.5 Å². The Hall–Kier alpha value is -2.81. The summed E-state index contributed by atoms with van der Waals surface area (Å²) >= 11 is 0. The Balaban J connectivity index is 2.29. The van der Waals surface area contributed by atoms with Crippen molar-refractivity contribution in [2.24, 2.45) is 0 Å². The van der Waals surface area contributed by atoms with Crippen molar-refractivity contribution >= 4 is 21.6 Å². The van der Waals surface area contributed by atoms with E-state index in [9.17, 15) is 17.6 Å². The Morgan fingerprint density at radius 1 is 1.10 bits per heavy atom. The third kappa shape index (κ3) is 5.41. The fourth-order valence-electron chi connectivity index (χ4n) is 3.18. The zero-order valence-corrected chi connectivity index (χ0v) is 18.5. The van der Waals surface area contributed by atoms with E-state index in [4.69, 9.17) is 9.47 Å². The molecule has 0 unspecified atom stereocenters. The van der Waals surface area contributed by atoms with Crippen LogP contribution in [0.25, 0.3) is 0 Å². The monoisotopic (exact) mass is 438 g/mol. The van der Waals surface area contributed by atoms with Crippen molar-refractivity contribution in [2.45, 2.75) is 32.4 Å². The topological polar surface area (TPSA) is 84.9 Å². The highest BCUT2D eigenvalue weighted by molar-refractivity contribution is 7.92. The van der Waals surface area contributed by atoms with E-state index in [-0.39, 0.29) is 11.7 Å². The van der Waals surface area contributed by atoms with E-state index in [1.54, 1.807) is 12.1 Å². The van der Waals surface area contributed by atoms with Gasteiger partial charge in [-0.3, -0.25) is 9.10 Å². The number of benzene rings is 2. The van der Waals surface area contributed by atoms with Gasteiger partial charge in [0.1, 0.15) is 11.9 Å². The van der Waals surface area contributed by atoms with Crippen molar-refractivity contribution in [3.05, 3.63) is 53.8 Å². The van der Waals surface area contributed by atoms with Gasteiger partial charge in [-0.25, -0.2) is 12.8 Å². The summed E-state index contributed by atoms with van der Waals surface area (Å²) in [5.74, 6) is 0.116. The van der Waals surface area contributed by atoms with Crippen molar-refractivity contribution in [3.8, 4) is 11.5 Å². The maximum Gasteiger partial charge on any atom is 0.244 e. The molecule has 0 saturated carbocycles. The first-order valence-electron chi connectivity index (χ1n) is 9.39. The second kappa shape index (κ2) is 9.80. The normalized spacial score (nSPS) is 13.3. The van der Waals surface area contributed by atoms with Gasteiger partial charge in [-0.05, 0) is 55.3 Å². The van der Waals surface area contributed by atoms with E-state index in [0.717, 1.165) is 28.3 Å². The van der Waals surface area contributed by atoms with Crippen LogP contribution >= 0.6 is 0 Å². The van der Waals surface area contributed by atoms with Crippen molar-refractivity contribution in [1.29, 1.82) is 0 Å². The lowest BCUT2D eigenvalue weighted by Gasteiger charge is -2.30. The fourth-order valence-corrected chi connectivity index (χ4v) is 4.35. The molecular formula is C21H27FN2O5S. The molecule has 164 valence electrons. The molecule has 0 aliphatic heterocycles. The molecule has 0 aromatic heterocycles. The van der Waals surface area contributed by atoms with Crippen LogP contribution in [0.4, 0.5) is 10.1 Å². The predicted octanol–water partition coefficient (Wildman–Crippen LogP) is 3.26. The van der Waals surface area contributed by atoms with Crippen molar-refractivity contribution in [2.75, 3.05) is 24.8 Å². The minimum atomic E-state index is -3.79. The summed E-state index contributed by atoms with van der Waals surface area (Å²) in [5, 5.41) is 2.89. The van der Waals surface area contributed by atoms with Crippen LogP contribution in [0.1, 0.15) is 31.9 Å². The maximum atomic E-state index is 13.3. The zero-order valence-electron chi connectivity index (χ0n) is 17.7. The van der Waals surface area contributed by atoms with Crippen LogP contribution in [-0.4, -0.2) is 40.8 Å². The molecule has 0 fully saturated rings. The molecule has 2 aromatic rings. The van der Waals surface area contributed by atoms with E-state index in [1.807, 2.05) is 13.0 Å². The Kier molecular flexibility index (Phi) is 7.66. The van der Waals surface area contributed by atoms with Crippen LogP contribution < -0.4 is 19.1 Å². The molecular weight excluding hydrogens is 411 g/mol. The van der Waals surface area contributed by atoms with Crippen LogP contribution in [0, 0.1) is 5.82 Å². The van der Waals surface area contributed by atoms with Gasteiger partial charge in [0.2, 0.25) is 15.9 Å². The third-order valence-corrected chi connectivity index (χ3v) is 5.95. The minimum Gasteiger partial charge on any atom is -0.493 e. The number of halogens is 1. The third-order valence-electron chi connectivity index (χ3n) is 4.70. The Morgan fingerprint density at radius 3 is 2.20 bits per heavy atom. The summed E-state index contributed by atoms with van der Waals surface area (Å²) in [6.07, 6.45) is 1.58. The average molecular weight is 439 g/mol. The highest BCUT2D eigenvalue weighted by atomic mass is 32.2. The fraction of sp³-hybridized carbons (Fsp3) is 0.381. The van der Waals surface area contributed by atoms with Gasteiger partial charge in [-0.15, -0.1) is 0 Å². The van der Waals surface area contributed by atoms with Crippen molar-refractivity contribution < 1.29 is 27.1 Å². The molecule has 0 heterocycles. The van der Waals surface area contributed by atoms with Gasteiger partial charge in [0.25, 0.3) is 0 Å². The second-order valence-corrected chi connectivity index (χ2v) is 8.65. The molecule has 0 aliphatic rings. The average Bonchev–Trinajstić information content (AvgIpc) is 2.71. The van der Waals surface area contributed by atoms with E-state index in [0.29, 0.717) is 17.9 Å². The van der Waals surface area contributed by atoms with Crippen LogP contribution in [0.5, 0.6) is 11.5 Å². The first-order chi connectivity index (χ1) is 14.1. The standard InChI is InChI=1S/C21H27FN2O5S/c1-6-18(15-7-12-19(28-3)20(13-15)29-4)23-21(25)14(2)24(30(5,26)27)17-10-8-16(22)9-11-17/h7-14,18H,6H2,1-5H3,(H,23,25)/t14-,18+/m0/s1. The molecule has 9 heteroatoms. The number of nitrogens with zero attached hydrogens (tertiary/aromatic N) is 1. The highest BCUT2D eigenvalue weighted by Crippen LogP contribution is 2.31. The molecule has 0 spiro atoms. The second-order valence-electron chi connectivity index (χ2n) is 6.80. The smallest absolute Gasteiger partial charge is 0.244 e. The molecule has 1 N–H and O–H groups in total. The molecule has 0 radical (unpaired) electrons. The molecule has 30 heavy (non-hydrogen) atoms. The number of ether oxygens (including phenoxy) is 2. The van der Waals surface area contributed by atoms with Crippen LogP contribution in [0.3, 0.4) is 0 Å². The number of nitrogens with one attached hydrogen (secondary N) is 1. The van der Waals surface area contributed by atoms with E-state index in [2.05, 4.69) is 5.32 Å².